The third-order valence-electron chi connectivity index (χ3n) is 4.13. The topological polar surface area (TPSA) is 50.5 Å². The van der Waals surface area contributed by atoms with E-state index in [1.54, 1.807) is 0 Å². The Kier molecular flexibility index (Phi) is 4.57. The van der Waals surface area contributed by atoms with Crippen molar-refractivity contribution >= 4 is 0 Å². The number of benzene rings is 1. The van der Waals surface area contributed by atoms with E-state index in [0.29, 0.717) is 6.61 Å². The maximum Gasteiger partial charge on any atom is 0.108 e. The molecule has 1 aliphatic rings. The second-order valence-electron chi connectivity index (χ2n) is 6.09. The van der Waals surface area contributed by atoms with Gasteiger partial charge < -0.3 is 14.4 Å². The van der Waals surface area contributed by atoms with Gasteiger partial charge in [-0.15, -0.1) is 0 Å². The number of hydrogen-bond donors (Lipinski definition) is 1. The molecule has 1 aliphatic heterocycles. The van der Waals surface area contributed by atoms with Gasteiger partial charge in [-0.05, 0) is 5.56 Å². The van der Waals surface area contributed by atoms with Crippen LogP contribution >= 0.6 is 0 Å². The minimum absolute atomic E-state index is 0.0284. The summed E-state index contributed by atoms with van der Waals surface area (Å²) in [6, 6.07) is 10.2. The predicted octanol–water partition coefficient (Wildman–Crippen LogP) is 1.23. The zero-order valence-electron chi connectivity index (χ0n) is 13.0. The number of hydrogen-bond acceptors (Lipinski definition) is 4. The van der Waals surface area contributed by atoms with E-state index >= 15 is 0 Å². The average Bonchev–Trinajstić information content (AvgIpc) is 2.94. The van der Waals surface area contributed by atoms with Crippen LogP contribution in [-0.2, 0) is 24.8 Å². The summed E-state index contributed by atoms with van der Waals surface area (Å²) in [4.78, 5) is 6.70. The van der Waals surface area contributed by atoms with E-state index in [2.05, 4.69) is 22.0 Å². The van der Waals surface area contributed by atoms with Crippen LogP contribution in [0, 0.1) is 0 Å². The van der Waals surface area contributed by atoms with Crippen molar-refractivity contribution in [2.75, 3.05) is 26.3 Å². The van der Waals surface area contributed by atoms with Crippen LogP contribution in [0.1, 0.15) is 11.3 Å². The van der Waals surface area contributed by atoms with Gasteiger partial charge in [0.2, 0.25) is 0 Å². The second kappa shape index (κ2) is 6.60. The van der Waals surface area contributed by atoms with Gasteiger partial charge in [-0.25, -0.2) is 4.98 Å². The number of aromatic nitrogens is 2. The van der Waals surface area contributed by atoms with Crippen LogP contribution in [0.25, 0.3) is 0 Å². The molecule has 118 valence electrons. The lowest BCUT2D eigenvalue weighted by Crippen LogP contribution is -2.55. The molecule has 1 fully saturated rings. The Morgan fingerprint density at radius 3 is 2.82 bits per heavy atom. The Morgan fingerprint density at radius 1 is 1.32 bits per heavy atom. The van der Waals surface area contributed by atoms with Gasteiger partial charge in [-0.3, -0.25) is 4.90 Å². The molecule has 1 unspecified atom stereocenters. The SMILES string of the molecule is Cn1cnc(CN2CCOC(CO)(Cc3ccccc3)C2)c1. The molecule has 1 aromatic carbocycles. The summed E-state index contributed by atoms with van der Waals surface area (Å²) in [6.07, 6.45) is 4.58. The lowest BCUT2D eigenvalue weighted by Gasteiger charge is -2.41. The lowest BCUT2D eigenvalue weighted by molar-refractivity contribution is -0.134. The monoisotopic (exact) mass is 301 g/mol. The summed E-state index contributed by atoms with van der Waals surface area (Å²) in [5.74, 6) is 0. The number of nitrogens with zero attached hydrogens (tertiary/aromatic N) is 3. The van der Waals surface area contributed by atoms with Crippen molar-refractivity contribution in [2.45, 2.75) is 18.6 Å². The zero-order valence-corrected chi connectivity index (χ0v) is 13.0. The largest absolute Gasteiger partial charge is 0.393 e. The molecule has 3 rings (SSSR count). The smallest absolute Gasteiger partial charge is 0.108 e. The van der Waals surface area contributed by atoms with E-state index in [0.717, 1.165) is 31.7 Å². The molecule has 1 saturated heterocycles. The van der Waals surface area contributed by atoms with E-state index in [1.807, 2.05) is 42.3 Å². The highest BCUT2D eigenvalue weighted by molar-refractivity contribution is 5.18. The minimum Gasteiger partial charge on any atom is -0.393 e. The molecule has 0 aliphatic carbocycles. The first kappa shape index (κ1) is 15.2. The highest BCUT2D eigenvalue weighted by Crippen LogP contribution is 2.24. The molecule has 22 heavy (non-hydrogen) atoms. The van der Waals surface area contributed by atoms with Gasteiger partial charge >= 0.3 is 0 Å². The highest BCUT2D eigenvalue weighted by Gasteiger charge is 2.36. The lowest BCUT2D eigenvalue weighted by atomic mass is 9.93. The molecule has 2 aromatic rings. The van der Waals surface area contributed by atoms with Gasteiger partial charge in [0.15, 0.2) is 0 Å². The quantitative estimate of drug-likeness (QED) is 0.902. The fraction of sp³-hybridized carbons (Fsp3) is 0.471. The van der Waals surface area contributed by atoms with Gasteiger partial charge in [0.25, 0.3) is 0 Å². The third kappa shape index (κ3) is 3.55. The number of rotatable bonds is 5. The van der Waals surface area contributed by atoms with Crippen LogP contribution in [-0.4, -0.2) is 51.5 Å². The van der Waals surface area contributed by atoms with Crippen molar-refractivity contribution in [1.29, 1.82) is 0 Å². The van der Waals surface area contributed by atoms with Crippen LogP contribution in [0.5, 0.6) is 0 Å². The van der Waals surface area contributed by atoms with E-state index in [1.165, 1.54) is 5.56 Å². The zero-order chi connectivity index (χ0) is 15.4. The fourth-order valence-electron chi connectivity index (χ4n) is 3.06. The van der Waals surface area contributed by atoms with E-state index in [-0.39, 0.29) is 6.61 Å². The van der Waals surface area contributed by atoms with Crippen molar-refractivity contribution in [3.05, 3.63) is 54.1 Å². The van der Waals surface area contributed by atoms with Crippen LogP contribution in [0.15, 0.2) is 42.9 Å². The molecule has 1 N–H and O–H groups in total. The summed E-state index contributed by atoms with van der Waals surface area (Å²) in [7, 11) is 1.98. The van der Waals surface area contributed by atoms with Crippen molar-refractivity contribution in [3.63, 3.8) is 0 Å². The van der Waals surface area contributed by atoms with Gasteiger partial charge in [0, 0.05) is 39.3 Å². The molecular weight excluding hydrogens is 278 g/mol. The fourth-order valence-corrected chi connectivity index (χ4v) is 3.06. The second-order valence-corrected chi connectivity index (χ2v) is 6.09. The number of aryl methyl sites for hydroxylation is 1. The minimum atomic E-state index is -0.519. The number of aliphatic hydroxyl groups is 1. The van der Waals surface area contributed by atoms with Crippen molar-refractivity contribution in [2.24, 2.45) is 7.05 Å². The molecule has 2 heterocycles. The number of ether oxygens (including phenoxy) is 1. The molecule has 0 spiro atoms. The molecule has 1 aromatic heterocycles. The predicted molar refractivity (Wildman–Crippen MR) is 84.4 cm³/mol. The maximum absolute atomic E-state index is 9.92. The third-order valence-corrected chi connectivity index (χ3v) is 4.13. The van der Waals surface area contributed by atoms with Crippen molar-refractivity contribution < 1.29 is 9.84 Å². The van der Waals surface area contributed by atoms with Crippen molar-refractivity contribution in [3.8, 4) is 0 Å². The first-order valence-electron chi connectivity index (χ1n) is 7.67. The summed E-state index contributed by atoms with van der Waals surface area (Å²) in [5, 5.41) is 9.92. The Hall–Kier alpha value is -1.69. The van der Waals surface area contributed by atoms with Crippen LogP contribution in [0.4, 0.5) is 0 Å². The Balaban J connectivity index is 1.69. The Morgan fingerprint density at radius 2 is 2.14 bits per heavy atom. The molecule has 0 radical (unpaired) electrons. The summed E-state index contributed by atoms with van der Waals surface area (Å²) in [5.41, 5.74) is 1.72. The van der Waals surface area contributed by atoms with E-state index in [4.69, 9.17) is 4.74 Å². The van der Waals surface area contributed by atoms with E-state index in [9.17, 15) is 5.11 Å². The molecule has 1 atom stereocenters. The van der Waals surface area contributed by atoms with Gasteiger partial charge in [-0.2, -0.15) is 0 Å². The molecule has 5 nitrogen and oxygen atoms in total. The summed E-state index contributed by atoms with van der Waals surface area (Å²) < 4.78 is 7.93. The van der Waals surface area contributed by atoms with Crippen LogP contribution < -0.4 is 0 Å². The highest BCUT2D eigenvalue weighted by atomic mass is 16.5. The molecule has 0 saturated carbocycles. The Bertz CT molecular complexity index is 599. The first-order chi connectivity index (χ1) is 10.7. The molecule has 5 heteroatoms. The van der Waals surface area contributed by atoms with Gasteiger partial charge in [0.1, 0.15) is 5.60 Å². The van der Waals surface area contributed by atoms with Gasteiger partial charge in [0.05, 0.1) is 25.2 Å². The molecule has 0 bridgehead atoms. The maximum atomic E-state index is 9.92. The number of aliphatic hydroxyl groups excluding tert-OH is 1. The standard InChI is InChI=1S/C17H23N3O2/c1-19-10-16(18-14-19)11-20-7-8-22-17(12-20,13-21)9-15-5-3-2-4-6-15/h2-6,10,14,21H,7-9,11-13H2,1H3. The average molecular weight is 301 g/mol. The van der Waals surface area contributed by atoms with Crippen LogP contribution in [0.3, 0.4) is 0 Å². The number of imidazole rings is 1. The van der Waals surface area contributed by atoms with Crippen LogP contribution in [0.2, 0.25) is 0 Å². The van der Waals surface area contributed by atoms with Crippen molar-refractivity contribution in [1.82, 2.24) is 14.5 Å². The normalized spacial score (nSPS) is 22.8. The summed E-state index contributed by atoms with van der Waals surface area (Å²) in [6.45, 7) is 3.05. The Labute approximate surface area is 131 Å². The molecule has 0 amide bonds. The summed E-state index contributed by atoms with van der Waals surface area (Å²) >= 11 is 0. The van der Waals surface area contributed by atoms with Gasteiger partial charge in [-0.1, -0.05) is 30.3 Å². The molecular formula is C17H23N3O2. The van der Waals surface area contributed by atoms with E-state index < -0.39 is 5.60 Å². The first-order valence-corrected chi connectivity index (χ1v) is 7.67. The number of morpholine rings is 1.